The smallest absolute Gasteiger partial charge is 0.251 e. The first-order valence-electron chi connectivity index (χ1n) is 5.39. The number of amides is 2. The van der Waals surface area contributed by atoms with E-state index in [2.05, 4.69) is 26.2 Å². The number of nitrogen functional groups attached to an aromatic ring is 1. The third-order valence-corrected chi connectivity index (χ3v) is 3.97. The third kappa shape index (κ3) is 2.05. The molecule has 6 nitrogen and oxygen atoms in total. The Bertz CT molecular complexity index is 532. The number of nitrogens with zero attached hydrogens (tertiary/aromatic N) is 2. The summed E-state index contributed by atoms with van der Waals surface area (Å²) in [5.41, 5.74) is 7.13. The number of carbonyl (C=O) groups is 2. The highest BCUT2D eigenvalue weighted by Gasteiger charge is 2.36. The Morgan fingerprint density at radius 3 is 2.78 bits per heavy atom. The molecule has 0 radical (unpaired) electrons. The fraction of sp³-hybridized carbons (Fsp3) is 0.364. The lowest BCUT2D eigenvalue weighted by Gasteiger charge is -2.14. The number of nitrogens with one attached hydrogen (secondary N) is 1. The summed E-state index contributed by atoms with van der Waals surface area (Å²) in [5.74, 6) is 0.0760. The van der Waals surface area contributed by atoms with Crippen LogP contribution in [0.2, 0.25) is 0 Å². The topological polar surface area (TPSA) is 88.3 Å². The molecule has 1 aromatic heterocycles. The van der Waals surface area contributed by atoms with E-state index in [1.165, 1.54) is 13.2 Å². The van der Waals surface area contributed by atoms with Crippen LogP contribution in [-0.4, -0.2) is 34.8 Å². The molecule has 96 valence electrons. The van der Waals surface area contributed by atoms with Crippen LogP contribution in [0.15, 0.2) is 10.7 Å². The van der Waals surface area contributed by atoms with Gasteiger partial charge in [0.05, 0.1) is 22.8 Å². The fourth-order valence-corrected chi connectivity index (χ4v) is 2.17. The second kappa shape index (κ2) is 4.56. The second-order valence-electron chi connectivity index (χ2n) is 4.19. The van der Waals surface area contributed by atoms with Crippen LogP contribution >= 0.6 is 15.9 Å². The summed E-state index contributed by atoms with van der Waals surface area (Å²) in [6, 6.07) is -0.561. The first kappa shape index (κ1) is 12.8. The van der Waals surface area contributed by atoms with Crippen LogP contribution in [0.1, 0.15) is 12.0 Å². The lowest BCUT2D eigenvalue weighted by atomic mass is 10.2. The molecule has 1 aromatic rings. The van der Waals surface area contributed by atoms with Crippen LogP contribution in [0, 0.1) is 6.92 Å². The number of imide groups is 1. The Kier molecular flexibility index (Phi) is 3.25. The van der Waals surface area contributed by atoms with Gasteiger partial charge in [-0.3, -0.25) is 14.5 Å². The highest BCUT2D eigenvalue weighted by atomic mass is 79.9. The van der Waals surface area contributed by atoms with E-state index in [1.807, 2.05) is 6.92 Å². The van der Waals surface area contributed by atoms with Crippen molar-refractivity contribution in [2.24, 2.45) is 0 Å². The molecule has 2 rings (SSSR count). The minimum absolute atomic E-state index is 0.146. The molecule has 1 unspecified atom stereocenters. The van der Waals surface area contributed by atoms with Crippen molar-refractivity contribution < 1.29 is 9.59 Å². The number of halogens is 1. The summed E-state index contributed by atoms with van der Waals surface area (Å²) < 4.78 is 0.706. The number of carbonyl (C=O) groups excluding carboxylic acids is 2. The van der Waals surface area contributed by atoms with Gasteiger partial charge in [0.15, 0.2) is 0 Å². The third-order valence-electron chi connectivity index (χ3n) is 3.00. The average molecular weight is 313 g/mol. The zero-order valence-electron chi connectivity index (χ0n) is 10.0. The zero-order valence-corrected chi connectivity index (χ0v) is 11.6. The molecule has 1 aliphatic rings. The number of likely N-dealkylation sites (tertiary alicyclic amines) is 1. The SMILES string of the molecule is Cc1c(N)cnc(NC2CC(=O)N(C)C2=O)c1Br. The van der Waals surface area contributed by atoms with E-state index in [4.69, 9.17) is 5.73 Å². The van der Waals surface area contributed by atoms with Crippen LogP contribution in [0.25, 0.3) is 0 Å². The van der Waals surface area contributed by atoms with Crippen molar-refractivity contribution in [1.82, 2.24) is 9.88 Å². The van der Waals surface area contributed by atoms with Gasteiger partial charge in [-0.2, -0.15) is 0 Å². The maximum absolute atomic E-state index is 11.8. The molecule has 0 aliphatic carbocycles. The van der Waals surface area contributed by atoms with Crippen LogP contribution in [0.5, 0.6) is 0 Å². The predicted octanol–water partition coefficient (Wildman–Crippen LogP) is 0.904. The molecule has 0 saturated carbocycles. The van der Waals surface area contributed by atoms with Crippen LogP contribution in [0.3, 0.4) is 0 Å². The molecule has 1 saturated heterocycles. The highest BCUT2D eigenvalue weighted by Crippen LogP contribution is 2.29. The molecular formula is C11H13BrN4O2. The Hall–Kier alpha value is -1.63. The zero-order chi connectivity index (χ0) is 13.4. The van der Waals surface area contributed by atoms with E-state index < -0.39 is 6.04 Å². The number of hydrogen-bond donors (Lipinski definition) is 2. The number of anilines is 2. The molecule has 1 atom stereocenters. The van der Waals surface area contributed by atoms with Gasteiger partial charge in [0.2, 0.25) is 5.91 Å². The first-order chi connectivity index (χ1) is 8.41. The quantitative estimate of drug-likeness (QED) is 0.792. The van der Waals surface area contributed by atoms with E-state index in [0.29, 0.717) is 16.0 Å². The van der Waals surface area contributed by atoms with Gasteiger partial charge in [0, 0.05) is 7.05 Å². The van der Waals surface area contributed by atoms with E-state index in [0.717, 1.165) is 10.5 Å². The van der Waals surface area contributed by atoms with Crippen molar-refractivity contribution >= 4 is 39.2 Å². The number of hydrogen-bond acceptors (Lipinski definition) is 5. The lowest BCUT2D eigenvalue weighted by molar-refractivity contribution is -0.136. The van der Waals surface area contributed by atoms with Crippen molar-refractivity contribution in [3.8, 4) is 0 Å². The maximum atomic E-state index is 11.8. The van der Waals surface area contributed by atoms with Crippen molar-refractivity contribution in [2.45, 2.75) is 19.4 Å². The number of likely N-dealkylation sites (N-methyl/N-ethyl adjacent to an activating group) is 1. The van der Waals surface area contributed by atoms with Crippen LogP contribution < -0.4 is 11.1 Å². The standard InChI is InChI=1S/C11H13BrN4O2/c1-5-6(13)4-14-10(9(5)12)15-7-3-8(17)16(2)11(7)18/h4,7H,3,13H2,1-2H3,(H,14,15). The Labute approximate surface area is 113 Å². The Morgan fingerprint density at radius 2 is 2.22 bits per heavy atom. The van der Waals surface area contributed by atoms with Gasteiger partial charge in [-0.05, 0) is 28.4 Å². The van der Waals surface area contributed by atoms with Crippen LogP contribution in [0.4, 0.5) is 11.5 Å². The van der Waals surface area contributed by atoms with Crippen molar-refractivity contribution in [2.75, 3.05) is 18.1 Å². The first-order valence-corrected chi connectivity index (χ1v) is 6.18. The number of pyridine rings is 1. The molecule has 2 amide bonds. The second-order valence-corrected chi connectivity index (χ2v) is 4.99. The number of aromatic nitrogens is 1. The van der Waals surface area contributed by atoms with Gasteiger partial charge in [-0.15, -0.1) is 0 Å². The van der Waals surface area contributed by atoms with Crippen molar-refractivity contribution in [3.05, 3.63) is 16.2 Å². The monoisotopic (exact) mass is 312 g/mol. The molecular weight excluding hydrogens is 300 g/mol. The minimum Gasteiger partial charge on any atom is -0.397 e. The average Bonchev–Trinajstić information content (AvgIpc) is 2.58. The maximum Gasteiger partial charge on any atom is 0.251 e. The molecule has 0 bridgehead atoms. The molecule has 2 heterocycles. The van der Waals surface area contributed by atoms with Crippen molar-refractivity contribution in [1.29, 1.82) is 0 Å². The molecule has 0 aromatic carbocycles. The summed E-state index contributed by atoms with van der Waals surface area (Å²) >= 11 is 3.37. The normalized spacial score (nSPS) is 19.5. The highest BCUT2D eigenvalue weighted by molar-refractivity contribution is 9.10. The van der Waals surface area contributed by atoms with Gasteiger partial charge in [-0.1, -0.05) is 0 Å². The summed E-state index contributed by atoms with van der Waals surface area (Å²) in [6.07, 6.45) is 1.67. The summed E-state index contributed by atoms with van der Waals surface area (Å²) in [4.78, 5) is 28.4. The summed E-state index contributed by atoms with van der Waals surface area (Å²) in [6.45, 7) is 1.85. The van der Waals surface area contributed by atoms with Crippen molar-refractivity contribution in [3.63, 3.8) is 0 Å². The lowest BCUT2D eigenvalue weighted by Crippen LogP contribution is -2.32. The largest absolute Gasteiger partial charge is 0.397 e. The van der Waals surface area contributed by atoms with Gasteiger partial charge >= 0.3 is 0 Å². The molecule has 7 heteroatoms. The van der Waals surface area contributed by atoms with Gasteiger partial charge in [0.1, 0.15) is 11.9 Å². The molecule has 1 fully saturated rings. The number of nitrogens with two attached hydrogens (primary N) is 1. The van der Waals surface area contributed by atoms with E-state index in [9.17, 15) is 9.59 Å². The summed E-state index contributed by atoms with van der Waals surface area (Å²) in [7, 11) is 1.48. The van der Waals surface area contributed by atoms with Gasteiger partial charge < -0.3 is 11.1 Å². The van der Waals surface area contributed by atoms with Gasteiger partial charge in [0.25, 0.3) is 5.91 Å². The number of rotatable bonds is 2. The van der Waals surface area contributed by atoms with E-state index >= 15 is 0 Å². The molecule has 3 N–H and O–H groups in total. The minimum atomic E-state index is -0.561. The summed E-state index contributed by atoms with van der Waals surface area (Å²) in [5, 5.41) is 2.96. The fourth-order valence-electron chi connectivity index (χ4n) is 1.73. The Morgan fingerprint density at radius 1 is 1.56 bits per heavy atom. The van der Waals surface area contributed by atoms with E-state index in [-0.39, 0.29) is 18.2 Å². The predicted molar refractivity (Wildman–Crippen MR) is 70.9 cm³/mol. The molecule has 18 heavy (non-hydrogen) atoms. The molecule has 1 aliphatic heterocycles. The molecule has 0 spiro atoms. The Balaban J connectivity index is 2.23. The van der Waals surface area contributed by atoms with Gasteiger partial charge in [-0.25, -0.2) is 4.98 Å². The van der Waals surface area contributed by atoms with E-state index in [1.54, 1.807) is 0 Å². The van der Waals surface area contributed by atoms with Crippen LogP contribution in [-0.2, 0) is 9.59 Å².